The molecule has 0 saturated carbocycles. The minimum absolute atomic E-state index is 0.00900. The summed E-state index contributed by atoms with van der Waals surface area (Å²) >= 11 is 12.4. The molecule has 0 N–H and O–H groups in total. The SMILES string of the molecule is Cc1cc(C(Cl)c2csc(I)c2)c(C)s1. The van der Waals surface area contributed by atoms with E-state index in [4.69, 9.17) is 11.6 Å². The average molecular weight is 369 g/mol. The lowest BCUT2D eigenvalue weighted by atomic mass is 10.1. The minimum atomic E-state index is 0.00900. The molecule has 0 aliphatic heterocycles. The van der Waals surface area contributed by atoms with Crippen molar-refractivity contribution < 1.29 is 0 Å². The van der Waals surface area contributed by atoms with Crippen LogP contribution in [0.25, 0.3) is 0 Å². The summed E-state index contributed by atoms with van der Waals surface area (Å²) in [6.45, 7) is 4.27. The van der Waals surface area contributed by atoms with Gasteiger partial charge in [0.05, 0.1) is 8.26 Å². The largest absolute Gasteiger partial charge is 0.146 e. The summed E-state index contributed by atoms with van der Waals surface area (Å²) in [5, 5.41) is 2.15. The Balaban J connectivity index is 2.35. The number of hydrogen-bond donors (Lipinski definition) is 0. The number of thiophene rings is 2. The second-order valence-electron chi connectivity index (χ2n) is 3.42. The van der Waals surface area contributed by atoms with E-state index in [1.165, 1.54) is 23.8 Å². The summed E-state index contributed by atoms with van der Waals surface area (Å²) in [7, 11) is 0. The molecule has 2 heterocycles. The van der Waals surface area contributed by atoms with Crippen molar-refractivity contribution in [3.63, 3.8) is 0 Å². The van der Waals surface area contributed by atoms with Crippen LogP contribution >= 0.6 is 56.9 Å². The molecule has 15 heavy (non-hydrogen) atoms. The summed E-state index contributed by atoms with van der Waals surface area (Å²) in [5.41, 5.74) is 2.47. The predicted octanol–water partition coefficient (Wildman–Crippen LogP) is 5.36. The van der Waals surface area contributed by atoms with Crippen LogP contribution in [-0.2, 0) is 0 Å². The second kappa shape index (κ2) is 4.73. The lowest BCUT2D eigenvalue weighted by Gasteiger charge is -2.06. The van der Waals surface area contributed by atoms with Crippen molar-refractivity contribution in [3.8, 4) is 0 Å². The van der Waals surface area contributed by atoms with Gasteiger partial charge in [0.1, 0.15) is 0 Å². The van der Waals surface area contributed by atoms with E-state index in [-0.39, 0.29) is 5.38 Å². The fourth-order valence-electron chi connectivity index (χ4n) is 1.54. The minimum Gasteiger partial charge on any atom is -0.146 e. The summed E-state index contributed by atoms with van der Waals surface area (Å²) in [6, 6.07) is 4.36. The van der Waals surface area contributed by atoms with E-state index in [0.29, 0.717) is 0 Å². The van der Waals surface area contributed by atoms with Crippen LogP contribution in [0, 0.1) is 16.7 Å². The van der Waals surface area contributed by atoms with Gasteiger partial charge in [0.15, 0.2) is 0 Å². The first-order valence-electron chi connectivity index (χ1n) is 4.53. The summed E-state index contributed by atoms with van der Waals surface area (Å²) in [4.78, 5) is 2.66. The van der Waals surface area contributed by atoms with E-state index in [1.54, 1.807) is 11.3 Å². The molecule has 0 aliphatic carbocycles. The van der Waals surface area contributed by atoms with Crippen molar-refractivity contribution in [2.45, 2.75) is 19.2 Å². The Bertz CT molecular complexity index is 473. The van der Waals surface area contributed by atoms with Gasteiger partial charge in [0.2, 0.25) is 0 Å². The van der Waals surface area contributed by atoms with E-state index in [9.17, 15) is 0 Å². The topological polar surface area (TPSA) is 0 Å². The zero-order valence-corrected chi connectivity index (χ0v) is 12.9. The molecule has 0 radical (unpaired) electrons. The summed E-state index contributed by atoms with van der Waals surface area (Å²) in [6.07, 6.45) is 0. The van der Waals surface area contributed by atoms with Gasteiger partial charge < -0.3 is 0 Å². The smallest absolute Gasteiger partial charge is 0.0854 e. The molecule has 1 unspecified atom stereocenters. The highest BCUT2D eigenvalue weighted by atomic mass is 127. The van der Waals surface area contributed by atoms with Crippen molar-refractivity contribution in [1.82, 2.24) is 0 Å². The molecule has 0 saturated heterocycles. The molecule has 2 aromatic rings. The highest BCUT2D eigenvalue weighted by Crippen LogP contribution is 2.37. The van der Waals surface area contributed by atoms with E-state index < -0.39 is 0 Å². The number of rotatable bonds is 2. The lowest BCUT2D eigenvalue weighted by molar-refractivity contribution is 1.14. The van der Waals surface area contributed by atoms with Crippen LogP contribution in [0.5, 0.6) is 0 Å². The summed E-state index contributed by atoms with van der Waals surface area (Å²) in [5.74, 6) is 0. The van der Waals surface area contributed by atoms with Gasteiger partial charge in [-0.25, -0.2) is 0 Å². The molecular formula is C11H10ClIS2. The van der Waals surface area contributed by atoms with Crippen LogP contribution in [0.4, 0.5) is 0 Å². The molecular weight excluding hydrogens is 359 g/mol. The number of halogens is 2. The standard InChI is InChI=1S/C11H10ClIS2/c1-6-3-9(7(2)15-6)11(12)8-4-10(13)14-5-8/h3-5,11H,1-2H3. The molecule has 80 valence electrons. The average Bonchev–Trinajstić information content (AvgIpc) is 2.71. The Labute approximate surface area is 116 Å². The van der Waals surface area contributed by atoms with E-state index in [0.717, 1.165) is 0 Å². The van der Waals surface area contributed by atoms with Gasteiger partial charge in [-0.1, -0.05) is 0 Å². The van der Waals surface area contributed by atoms with Gasteiger partial charge in [-0.2, -0.15) is 0 Å². The van der Waals surface area contributed by atoms with Crippen molar-refractivity contribution in [2.24, 2.45) is 0 Å². The first-order valence-corrected chi connectivity index (χ1v) is 7.74. The first kappa shape index (κ1) is 11.9. The lowest BCUT2D eigenvalue weighted by Crippen LogP contribution is -1.90. The molecule has 1 atom stereocenters. The molecule has 0 bridgehead atoms. The number of alkyl halides is 1. The Kier molecular flexibility index (Phi) is 3.75. The molecule has 0 aromatic carbocycles. The zero-order valence-electron chi connectivity index (χ0n) is 8.38. The van der Waals surface area contributed by atoms with Gasteiger partial charge in [-0.15, -0.1) is 34.3 Å². The van der Waals surface area contributed by atoms with E-state index in [1.807, 2.05) is 11.3 Å². The Hall–Kier alpha value is 0.420. The van der Waals surface area contributed by atoms with Gasteiger partial charge in [0, 0.05) is 9.75 Å². The van der Waals surface area contributed by atoms with Crippen molar-refractivity contribution in [1.29, 1.82) is 0 Å². The van der Waals surface area contributed by atoms with Crippen LogP contribution in [-0.4, -0.2) is 0 Å². The molecule has 4 heteroatoms. The third kappa shape index (κ3) is 2.57. The molecule has 2 aromatic heterocycles. The molecule has 0 fully saturated rings. The third-order valence-corrected chi connectivity index (χ3v) is 5.51. The molecule has 0 spiro atoms. The quantitative estimate of drug-likeness (QED) is 0.494. The maximum atomic E-state index is 6.47. The Morgan fingerprint density at radius 1 is 1.33 bits per heavy atom. The maximum absolute atomic E-state index is 6.47. The van der Waals surface area contributed by atoms with Crippen molar-refractivity contribution >= 4 is 56.9 Å². The van der Waals surface area contributed by atoms with Gasteiger partial charge >= 0.3 is 0 Å². The van der Waals surface area contributed by atoms with Crippen molar-refractivity contribution in [2.75, 3.05) is 0 Å². The van der Waals surface area contributed by atoms with Crippen LogP contribution in [0.2, 0.25) is 0 Å². The Morgan fingerprint density at radius 2 is 2.07 bits per heavy atom. The molecule has 0 aliphatic rings. The monoisotopic (exact) mass is 368 g/mol. The highest BCUT2D eigenvalue weighted by molar-refractivity contribution is 14.1. The fourth-order valence-corrected chi connectivity index (χ4v) is 4.39. The van der Waals surface area contributed by atoms with Crippen LogP contribution < -0.4 is 0 Å². The van der Waals surface area contributed by atoms with Gasteiger partial charge in [0.25, 0.3) is 0 Å². The summed E-state index contributed by atoms with van der Waals surface area (Å²) < 4.78 is 1.29. The Morgan fingerprint density at radius 3 is 2.53 bits per heavy atom. The van der Waals surface area contributed by atoms with Crippen LogP contribution in [0.3, 0.4) is 0 Å². The van der Waals surface area contributed by atoms with Crippen LogP contribution in [0.1, 0.15) is 26.3 Å². The van der Waals surface area contributed by atoms with Gasteiger partial charge in [-0.05, 0) is 65.1 Å². The van der Waals surface area contributed by atoms with E-state index in [2.05, 4.69) is 54.0 Å². The molecule has 2 rings (SSSR count). The number of hydrogen-bond acceptors (Lipinski definition) is 2. The highest BCUT2D eigenvalue weighted by Gasteiger charge is 2.16. The van der Waals surface area contributed by atoms with Gasteiger partial charge in [-0.3, -0.25) is 0 Å². The van der Waals surface area contributed by atoms with E-state index >= 15 is 0 Å². The fraction of sp³-hybridized carbons (Fsp3) is 0.273. The van der Waals surface area contributed by atoms with Crippen LogP contribution in [0.15, 0.2) is 17.5 Å². The normalized spacial score (nSPS) is 13.1. The second-order valence-corrected chi connectivity index (χ2v) is 8.12. The first-order chi connectivity index (χ1) is 7.08. The zero-order chi connectivity index (χ0) is 11.0. The predicted molar refractivity (Wildman–Crippen MR) is 78.5 cm³/mol. The molecule has 0 amide bonds. The van der Waals surface area contributed by atoms with Crippen molar-refractivity contribution in [3.05, 3.63) is 41.3 Å². The maximum Gasteiger partial charge on any atom is 0.0854 e. The third-order valence-electron chi connectivity index (χ3n) is 2.23. The number of aryl methyl sites for hydroxylation is 2. The molecule has 0 nitrogen and oxygen atoms in total.